The number of fused-ring (bicyclic) bond motifs is 2. The molecule has 0 saturated heterocycles. The van der Waals surface area contributed by atoms with E-state index in [1.807, 2.05) is 54.9 Å². The molecular weight excluding hydrogens is 328 g/mol. The Morgan fingerprint density at radius 2 is 1.92 bits per heavy atom. The summed E-state index contributed by atoms with van der Waals surface area (Å²) < 4.78 is 13.4. The van der Waals surface area contributed by atoms with E-state index in [1.54, 1.807) is 0 Å². The number of aromatic amines is 1. The quantitative estimate of drug-likeness (QED) is 0.615. The molecule has 2 aromatic carbocycles. The van der Waals surface area contributed by atoms with Gasteiger partial charge in [0.25, 0.3) is 0 Å². The zero-order valence-electron chi connectivity index (χ0n) is 14.2. The molecule has 0 atom stereocenters. The molecule has 0 unspecified atom stereocenters. The van der Waals surface area contributed by atoms with E-state index < -0.39 is 0 Å². The zero-order chi connectivity index (χ0) is 17.3. The Kier molecular flexibility index (Phi) is 3.59. The molecule has 0 bridgehead atoms. The fourth-order valence-electron chi connectivity index (χ4n) is 3.28. The molecule has 0 spiro atoms. The minimum Gasteiger partial charge on any atom is -0.486 e. The number of benzene rings is 2. The van der Waals surface area contributed by atoms with E-state index in [9.17, 15) is 0 Å². The summed E-state index contributed by atoms with van der Waals surface area (Å²) in [4.78, 5) is 12.5. The topological polar surface area (TPSA) is 65.0 Å². The van der Waals surface area contributed by atoms with Gasteiger partial charge < -0.3 is 19.0 Å². The zero-order valence-corrected chi connectivity index (χ0v) is 14.2. The van der Waals surface area contributed by atoms with Gasteiger partial charge in [-0.15, -0.1) is 0 Å². The van der Waals surface area contributed by atoms with Crippen LogP contribution in [-0.4, -0.2) is 32.7 Å². The molecule has 26 heavy (non-hydrogen) atoms. The van der Waals surface area contributed by atoms with Crippen molar-refractivity contribution in [3.8, 4) is 22.9 Å². The maximum absolute atomic E-state index is 5.69. The summed E-state index contributed by atoms with van der Waals surface area (Å²) in [6, 6.07) is 14.0. The van der Waals surface area contributed by atoms with E-state index in [2.05, 4.69) is 19.5 Å². The summed E-state index contributed by atoms with van der Waals surface area (Å²) in [5.41, 5.74) is 3.09. The first-order valence-corrected chi connectivity index (χ1v) is 8.71. The number of hydrogen-bond donors (Lipinski definition) is 1. The first kappa shape index (κ1) is 15.0. The Balaban J connectivity index is 1.39. The first-order chi connectivity index (χ1) is 12.9. The second-order valence-electron chi connectivity index (χ2n) is 6.25. The van der Waals surface area contributed by atoms with Crippen LogP contribution in [0.15, 0.2) is 54.9 Å². The standard InChI is InChI=1S/C20H18N4O2/c1-2-4-16-15(3-1)22-19(23-16)7-9-24-10-8-21-20(24)14-5-6-17-18(13-14)26-12-11-25-17/h1-6,8,10,13H,7,9,11-12H2,(H,22,23). The highest BCUT2D eigenvalue weighted by atomic mass is 16.6. The predicted molar refractivity (Wildman–Crippen MR) is 98.5 cm³/mol. The van der Waals surface area contributed by atoms with Crippen molar-refractivity contribution in [2.75, 3.05) is 13.2 Å². The monoisotopic (exact) mass is 346 g/mol. The molecule has 0 aliphatic carbocycles. The molecule has 1 aliphatic heterocycles. The van der Waals surface area contributed by atoms with Gasteiger partial charge in [0.05, 0.1) is 11.0 Å². The SMILES string of the molecule is c1ccc2[nH]c(CCn3ccnc3-c3ccc4c(c3)OCCO4)nc2c1. The summed E-state index contributed by atoms with van der Waals surface area (Å²) in [6.45, 7) is 1.97. The summed E-state index contributed by atoms with van der Waals surface area (Å²) in [5, 5.41) is 0. The van der Waals surface area contributed by atoms with Gasteiger partial charge in [-0.2, -0.15) is 0 Å². The van der Waals surface area contributed by atoms with Crippen LogP contribution < -0.4 is 9.47 Å². The fourth-order valence-corrected chi connectivity index (χ4v) is 3.28. The van der Waals surface area contributed by atoms with Gasteiger partial charge in [0.15, 0.2) is 11.5 Å². The van der Waals surface area contributed by atoms with Crippen molar-refractivity contribution >= 4 is 11.0 Å². The minimum absolute atomic E-state index is 0.580. The van der Waals surface area contributed by atoms with Crippen molar-refractivity contribution in [3.05, 3.63) is 60.7 Å². The van der Waals surface area contributed by atoms with Gasteiger partial charge in [0.2, 0.25) is 0 Å². The van der Waals surface area contributed by atoms with Gasteiger partial charge in [-0.25, -0.2) is 9.97 Å². The van der Waals surface area contributed by atoms with Crippen molar-refractivity contribution in [2.45, 2.75) is 13.0 Å². The van der Waals surface area contributed by atoms with Crippen LogP contribution in [0, 0.1) is 0 Å². The largest absolute Gasteiger partial charge is 0.486 e. The molecule has 1 N–H and O–H groups in total. The van der Waals surface area contributed by atoms with Crippen LogP contribution in [0.5, 0.6) is 11.5 Å². The summed E-state index contributed by atoms with van der Waals surface area (Å²) >= 11 is 0. The van der Waals surface area contributed by atoms with Crippen LogP contribution in [0.1, 0.15) is 5.82 Å². The van der Waals surface area contributed by atoms with Crippen LogP contribution in [0.2, 0.25) is 0 Å². The minimum atomic E-state index is 0.580. The van der Waals surface area contributed by atoms with Crippen LogP contribution >= 0.6 is 0 Å². The number of H-pyrrole nitrogens is 1. The Morgan fingerprint density at radius 1 is 1.04 bits per heavy atom. The third-order valence-corrected chi connectivity index (χ3v) is 4.54. The lowest BCUT2D eigenvalue weighted by Crippen LogP contribution is -2.15. The molecule has 5 rings (SSSR count). The maximum atomic E-state index is 5.69. The molecule has 0 radical (unpaired) electrons. The van der Waals surface area contributed by atoms with Crippen LogP contribution in [0.3, 0.4) is 0 Å². The number of rotatable bonds is 4. The van der Waals surface area contributed by atoms with Crippen molar-refractivity contribution in [3.63, 3.8) is 0 Å². The number of aromatic nitrogens is 4. The molecule has 0 amide bonds. The van der Waals surface area contributed by atoms with Crippen LogP contribution in [0.25, 0.3) is 22.4 Å². The van der Waals surface area contributed by atoms with E-state index in [0.29, 0.717) is 13.2 Å². The molecule has 6 nitrogen and oxygen atoms in total. The predicted octanol–water partition coefficient (Wildman–Crippen LogP) is 3.44. The van der Waals surface area contributed by atoms with Gasteiger partial charge >= 0.3 is 0 Å². The van der Waals surface area contributed by atoms with E-state index in [1.165, 1.54) is 0 Å². The van der Waals surface area contributed by atoms with Gasteiger partial charge in [0, 0.05) is 30.9 Å². The Morgan fingerprint density at radius 3 is 2.85 bits per heavy atom. The molecule has 1 aliphatic rings. The molecule has 3 heterocycles. The molecule has 6 heteroatoms. The van der Waals surface area contributed by atoms with Gasteiger partial charge in [-0.05, 0) is 30.3 Å². The third kappa shape index (κ3) is 2.69. The van der Waals surface area contributed by atoms with Gasteiger partial charge in [-0.1, -0.05) is 12.1 Å². The average molecular weight is 346 g/mol. The highest BCUT2D eigenvalue weighted by Gasteiger charge is 2.15. The number of nitrogens with one attached hydrogen (secondary N) is 1. The van der Waals surface area contributed by atoms with Gasteiger partial charge in [-0.3, -0.25) is 0 Å². The number of hydrogen-bond acceptors (Lipinski definition) is 4. The highest BCUT2D eigenvalue weighted by Crippen LogP contribution is 2.34. The summed E-state index contributed by atoms with van der Waals surface area (Å²) in [6.07, 6.45) is 4.63. The van der Waals surface area contributed by atoms with E-state index in [-0.39, 0.29) is 0 Å². The van der Waals surface area contributed by atoms with Crippen molar-refractivity contribution in [1.82, 2.24) is 19.5 Å². The second kappa shape index (κ2) is 6.22. The number of para-hydroxylation sites is 2. The smallest absolute Gasteiger partial charge is 0.162 e. The average Bonchev–Trinajstić information content (AvgIpc) is 3.32. The lowest BCUT2D eigenvalue weighted by molar-refractivity contribution is 0.171. The third-order valence-electron chi connectivity index (χ3n) is 4.54. The van der Waals surface area contributed by atoms with E-state index >= 15 is 0 Å². The molecular formula is C20H18N4O2. The van der Waals surface area contributed by atoms with Crippen LogP contribution in [0.4, 0.5) is 0 Å². The summed E-state index contributed by atoms with van der Waals surface area (Å²) in [5.74, 6) is 3.46. The maximum Gasteiger partial charge on any atom is 0.162 e. The molecule has 2 aromatic heterocycles. The lowest BCUT2D eigenvalue weighted by Gasteiger charge is -2.19. The fraction of sp³-hybridized carbons (Fsp3) is 0.200. The Labute approximate surface area is 150 Å². The highest BCUT2D eigenvalue weighted by molar-refractivity contribution is 5.74. The molecule has 0 fully saturated rings. The second-order valence-corrected chi connectivity index (χ2v) is 6.25. The van der Waals surface area contributed by atoms with Crippen molar-refractivity contribution < 1.29 is 9.47 Å². The summed E-state index contributed by atoms with van der Waals surface area (Å²) in [7, 11) is 0. The first-order valence-electron chi connectivity index (χ1n) is 8.71. The van der Waals surface area contributed by atoms with Gasteiger partial charge in [0.1, 0.15) is 24.9 Å². The van der Waals surface area contributed by atoms with Crippen molar-refractivity contribution in [2.24, 2.45) is 0 Å². The molecule has 0 saturated carbocycles. The van der Waals surface area contributed by atoms with Crippen LogP contribution in [-0.2, 0) is 13.0 Å². The molecule has 130 valence electrons. The Hall–Kier alpha value is -3.28. The Bertz CT molecular complexity index is 1030. The number of ether oxygens (including phenoxy) is 2. The number of imidazole rings is 2. The van der Waals surface area contributed by atoms with E-state index in [4.69, 9.17) is 9.47 Å². The van der Waals surface area contributed by atoms with Crippen molar-refractivity contribution in [1.29, 1.82) is 0 Å². The number of nitrogens with zero attached hydrogens (tertiary/aromatic N) is 3. The van der Waals surface area contributed by atoms with E-state index in [0.717, 1.165) is 52.7 Å². The number of aryl methyl sites for hydroxylation is 2. The lowest BCUT2D eigenvalue weighted by atomic mass is 10.2. The normalized spacial score (nSPS) is 13.2. The molecule has 4 aromatic rings.